The van der Waals surface area contributed by atoms with Gasteiger partial charge in [0.05, 0.1) is 11.5 Å². The zero-order valence-electron chi connectivity index (χ0n) is 15.9. The van der Waals surface area contributed by atoms with Crippen LogP contribution in [0.25, 0.3) is 0 Å². The van der Waals surface area contributed by atoms with Crippen molar-refractivity contribution in [3.63, 3.8) is 0 Å². The molecule has 2 aromatic carbocycles. The molecule has 0 atom stereocenters. The highest BCUT2D eigenvalue weighted by Crippen LogP contribution is 2.18. The Labute approximate surface area is 162 Å². The number of benzene rings is 2. The standard InChI is InChI=1S/C21H28N2O3S/c1-2-26-20-10-12-21(13-11-20)27(24,25)22-16-18-8-4-5-9-19(18)17-23-14-6-3-7-15-23/h4-5,8-13,22H,2-3,6-7,14-17H2,1H3. The fourth-order valence-corrected chi connectivity index (χ4v) is 4.39. The third-order valence-corrected chi connectivity index (χ3v) is 6.28. The van der Waals surface area contributed by atoms with Crippen LogP contribution in [0.15, 0.2) is 53.4 Å². The Bertz CT molecular complexity index is 829. The fraction of sp³-hybridized carbons (Fsp3) is 0.429. The molecular weight excluding hydrogens is 360 g/mol. The van der Waals surface area contributed by atoms with E-state index in [2.05, 4.69) is 15.7 Å². The quantitative estimate of drug-likeness (QED) is 0.751. The Balaban J connectivity index is 1.66. The molecule has 0 amide bonds. The summed E-state index contributed by atoms with van der Waals surface area (Å²) in [6.45, 7) is 5.85. The van der Waals surface area contributed by atoms with Crippen molar-refractivity contribution in [1.82, 2.24) is 9.62 Å². The molecule has 1 heterocycles. The number of piperidine rings is 1. The average Bonchev–Trinajstić information content (AvgIpc) is 2.69. The summed E-state index contributed by atoms with van der Waals surface area (Å²) in [6, 6.07) is 14.6. The van der Waals surface area contributed by atoms with Gasteiger partial charge in [-0.15, -0.1) is 0 Å². The predicted molar refractivity (Wildman–Crippen MR) is 107 cm³/mol. The molecule has 1 N–H and O–H groups in total. The van der Waals surface area contributed by atoms with Gasteiger partial charge in [0.25, 0.3) is 0 Å². The second-order valence-corrected chi connectivity index (χ2v) is 8.60. The molecule has 1 aliphatic heterocycles. The molecule has 0 radical (unpaired) electrons. The molecule has 0 bridgehead atoms. The van der Waals surface area contributed by atoms with Gasteiger partial charge in [0, 0.05) is 13.1 Å². The van der Waals surface area contributed by atoms with Crippen molar-refractivity contribution in [3.05, 3.63) is 59.7 Å². The Morgan fingerprint density at radius 3 is 2.30 bits per heavy atom. The van der Waals surface area contributed by atoms with Crippen LogP contribution < -0.4 is 9.46 Å². The second-order valence-electron chi connectivity index (χ2n) is 6.83. The van der Waals surface area contributed by atoms with Gasteiger partial charge < -0.3 is 4.74 Å². The minimum atomic E-state index is -3.56. The van der Waals surface area contributed by atoms with E-state index in [0.29, 0.717) is 18.9 Å². The summed E-state index contributed by atoms with van der Waals surface area (Å²) < 4.78 is 33.3. The van der Waals surface area contributed by atoms with Crippen LogP contribution in [-0.4, -0.2) is 33.0 Å². The Kier molecular flexibility index (Phi) is 6.88. The maximum absolute atomic E-state index is 12.6. The van der Waals surface area contributed by atoms with Gasteiger partial charge >= 0.3 is 0 Å². The van der Waals surface area contributed by atoms with Crippen LogP contribution in [0.3, 0.4) is 0 Å². The monoisotopic (exact) mass is 388 g/mol. The van der Waals surface area contributed by atoms with Gasteiger partial charge in [-0.25, -0.2) is 13.1 Å². The Morgan fingerprint density at radius 1 is 0.963 bits per heavy atom. The van der Waals surface area contributed by atoms with Gasteiger partial charge in [0.1, 0.15) is 5.75 Å². The van der Waals surface area contributed by atoms with Crippen molar-refractivity contribution in [1.29, 1.82) is 0 Å². The molecule has 146 valence electrons. The molecule has 3 rings (SSSR count). The Hall–Kier alpha value is -1.89. The van der Waals surface area contributed by atoms with Crippen molar-refractivity contribution >= 4 is 10.0 Å². The second kappa shape index (κ2) is 9.35. The summed E-state index contributed by atoms with van der Waals surface area (Å²) in [6.07, 6.45) is 3.79. The lowest BCUT2D eigenvalue weighted by Crippen LogP contribution is -2.30. The minimum absolute atomic E-state index is 0.250. The van der Waals surface area contributed by atoms with Crippen LogP contribution in [0.1, 0.15) is 37.3 Å². The molecule has 1 fully saturated rings. The molecule has 0 spiro atoms. The van der Waals surface area contributed by atoms with E-state index in [-0.39, 0.29) is 4.90 Å². The molecule has 27 heavy (non-hydrogen) atoms. The molecule has 2 aromatic rings. The van der Waals surface area contributed by atoms with Crippen LogP contribution in [0.2, 0.25) is 0 Å². The van der Waals surface area contributed by atoms with Gasteiger partial charge in [0.15, 0.2) is 0 Å². The molecule has 0 aromatic heterocycles. The first kappa shape index (κ1) is 19.9. The van der Waals surface area contributed by atoms with E-state index in [4.69, 9.17) is 4.74 Å². The lowest BCUT2D eigenvalue weighted by atomic mass is 10.1. The number of sulfonamides is 1. The number of hydrogen-bond acceptors (Lipinski definition) is 4. The van der Waals surface area contributed by atoms with Crippen molar-refractivity contribution in [3.8, 4) is 5.75 Å². The van der Waals surface area contributed by atoms with Gasteiger partial charge in [-0.2, -0.15) is 0 Å². The average molecular weight is 389 g/mol. The third kappa shape index (κ3) is 5.54. The lowest BCUT2D eigenvalue weighted by molar-refractivity contribution is 0.220. The van der Waals surface area contributed by atoms with E-state index in [1.807, 2.05) is 25.1 Å². The van der Waals surface area contributed by atoms with Gasteiger partial charge in [0.2, 0.25) is 10.0 Å². The zero-order chi connectivity index (χ0) is 19.1. The SMILES string of the molecule is CCOc1ccc(S(=O)(=O)NCc2ccccc2CN2CCCCC2)cc1. The summed E-state index contributed by atoms with van der Waals surface area (Å²) in [5.41, 5.74) is 2.21. The molecule has 5 nitrogen and oxygen atoms in total. The molecule has 1 aliphatic rings. The minimum Gasteiger partial charge on any atom is -0.494 e. The predicted octanol–water partition coefficient (Wildman–Crippen LogP) is 3.55. The van der Waals surface area contributed by atoms with Crippen LogP contribution in [0.4, 0.5) is 0 Å². The highest BCUT2D eigenvalue weighted by Gasteiger charge is 2.16. The summed E-state index contributed by atoms with van der Waals surface area (Å²) in [5.74, 6) is 0.670. The van der Waals surface area contributed by atoms with Crippen LogP contribution in [0.5, 0.6) is 5.75 Å². The summed E-state index contributed by atoms with van der Waals surface area (Å²) in [4.78, 5) is 2.70. The smallest absolute Gasteiger partial charge is 0.240 e. The summed E-state index contributed by atoms with van der Waals surface area (Å²) >= 11 is 0. The molecule has 6 heteroatoms. The van der Waals surface area contributed by atoms with Crippen molar-refractivity contribution in [2.75, 3.05) is 19.7 Å². The third-order valence-electron chi connectivity index (χ3n) is 4.86. The van der Waals surface area contributed by atoms with Crippen LogP contribution >= 0.6 is 0 Å². The van der Waals surface area contributed by atoms with Crippen molar-refractivity contribution in [2.24, 2.45) is 0 Å². The van der Waals surface area contributed by atoms with E-state index in [9.17, 15) is 8.42 Å². The summed E-state index contributed by atoms with van der Waals surface area (Å²) in [7, 11) is -3.56. The summed E-state index contributed by atoms with van der Waals surface area (Å²) in [5, 5.41) is 0. The highest BCUT2D eigenvalue weighted by molar-refractivity contribution is 7.89. The lowest BCUT2D eigenvalue weighted by Gasteiger charge is -2.27. The molecule has 1 saturated heterocycles. The van der Waals surface area contributed by atoms with Crippen LogP contribution in [-0.2, 0) is 23.1 Å². The van der Waals surface area contributed by atoms with E-state index in [1.54, 1.807) is 24.3 Å². The maximum Gasteiger partial charge on any atom is 0.240 e. The number of likely N-dealkylation sites (tertiary alicyclic amines) is 1. The number of nitrogens with one attached hydrogen (secondary N) is 1. The molecule has 0 aliphatic carbocycles. The fourth-order valence-electron chi connectivity index (χ4n) is 3.38. The largest absolute Gasteiger partial charge is 0.494 e. The number of rotatable bonds is 8. The number of ether oxygens (including phenoxy) is 1. The van der Waals surface area contributed by atoms with E-state index < -0.39 is 10.0 Å². The normalized spacial score (nSPS) is 15.6. The molecule has 0 saturated carbocycles. The number of nitrogens with zero attached hydrogens (tertiary/aromatic N) is 1. The van der Waals surface area contributed by atoms with Crippen molar-refractivity contribution in [2.45, 2.75) is 44.2 Å². The topological polar surface area (TPSA) is 58.6 Å². The van der Waals surface area contributed by atoms with E-state index >= 15 is 0 Å². The van der Waals surface area contributed by atoms with Gasteiger partial charge in [-0.3, -0.25) is 4.90 Å². The first-order valence-electron chi connectivity index (χ1n) is 9.60. The van der Waals surface area contributed by atoms with Gasteiger partial charge in [-0.05, 0) is 68.2 Å². The van der Waals surface area contributed by atoms with Crippen LogP contribution in [0, 0.1) is 0 Å². The first-order chi connectivity index (χ1) is 13.1. The van der Waals surface area contributed by atoms with Crippen molar-refractivity contribution < 1.29 is 13.2 Å². The Morgan fingerprint density at radius 2 is 1.63 bits per heavy atom. The van der Waals surface area contributed by atoms with E-state index in [1.165, 1.54) is 24.8 Å². The van der Waals surface area contributed by atoms with Gasteiger partial charge in [-0.1, -0.05) is 30.7 Å². The molecule has 0 unspecified atom stereocenters. The zero-order valence-corrected chi connectivity index (χ0v) is 16.7. The molecular formula is C21H28N2O3S. The first-order valence-corrected chi connectivity index (χ1v) is 11.1. The maximum atomic E-state index is 12.6. The number of hydrogen-bond donors (Lipinski definition) is 1. The highest BCUT2D eigenvalue weighted by atomic mass is 32.2. The van der Waals surface area contributed by atoms with E-state index in [0.717, 1.165) is 25.2 Å².